The Labute approximate surface area is 219 Å². The van der Waals surface area contributed by atoms with Crippen molar-refractivity contribution in [1.82, 2.24) is 14.8 Å². The Morgan fingerprint density at radius 3 is 2.11 bits per heavy atom. The number of amides is 2. The lowest BCUT2D eigenvalue weighted by Gasteiger charge is -2.11. The molecular formula is C26H25N5O4S2. The summed E-state index contributed by atoms with van der Waals surface area (Å²) < 4.78 is 27.8. The first-order valence-electron chi connectivity index (χ1n) is 11.3. The van der Waals surface area contributed by atoms with Gasteiger partial charge in [-0.25, -0.2) is 8.42 Å². The third-order valence-corrected chi connectivity index (χ3v) is 7.79. The van der Waals surface area contributed by atoms with E-state index in [-0.39, 0.29) is 34.0 Å². The van der Waals surface area contributed by atoms with E-state index in [4.69, 9.17) is 0 Å². The van der Waals surface area contributed by atoms with Gasteiger partial charge in [-0.05, 0) is 55.5 Å². The normalized spacial score (nSPS) is 11.2. The van der Waals surface area contributed by atoms with Crippen molar-refractivity contribution in [3.8, 4) is 5.69 Å². The Bertz CT molecular complexity index is 1500. The summed E-state index contributed by atoms with van der Waals surface area (Å²) in [6.45, 7) is 3.31. The van der Waals surface area contributed by atoms with Crippen LogP contribution in [0.2, 0.25) is 0 Å². The molecule has 0 unspecified atom stereocenters. The minimum absolute atomic E-state index is 0.0309. The summed E-state index contributed by atoms with van der Waals surface area (Å²) >= 11 is 1.15. The number of hydrogen-bond acceptors (Lipinski definition) is 7. The van der Waals surface area contributed by atoms with Crippen LogP contribution in [0.5, 0.6) is 0 Å². The minimum Gasteiger partial charge on any atom is -0.326 e. The first-order chi connectivity index (χ1) is 17.7. The van der Waals surface area contributed by atoms with Crippen molar-refractivity contribution in [2.75, 3.05) is 16.4 Å². The number of para-hydroxylation sites is 1. The van der Waals surface area contributed by atoms with E-state index in [9.17, 15) is 18.0 Å². The van der Waals surface area contributed by atoms with Gasteiger partial charge in [0.15, 0.2) is 20.8 Å². The highest BCUT2D eigenvalue weighted by Crippen LogP contribution is 2.25. The molecule has 9 nitrogen and oxygen atoms in total. The van der Waals surface area contributed by atoms with Crippen LogP contribution < -0.4 is 10.6 Å². The molecule has 11 heteroatoms. The number of nitrogens with one attached hydrogen (secondary N) is 2. The zero-order valence-electron chi connectivity index (χ0n) is 20.2. The zero-order valence-corrected chi connectivity index (χ0v) is 21.8. The Balaban J connectivity index is 1.51. The van der Waals surface area contributed by atoms with Crippen molar-refractivity contribution < 1.29 is 18.0 Å². The fourth-order valence-corrected chi connectivity index (χ4v) is 5.50. The number of benzene rings is 3. The second-order valence-electron chi connectivity index (χ2n) is 8.24. The van der Waals surface area contributed by atoms with Gasteiger partial charge in [-0.2, -0.15) is 0 Å². The summed E-state index contributed by atoms with van der Waals surface area (Å²) in [5, 5.41) is 14.2. The summed E-state index contributed by atoms with van der Waals surface area (Å²) in [7, 11) is -3.67. The lowest BCUT2D eigenvalue weighted by Crippen LogP contribution is -2.15. The van der Waals surface area contributed by atoms with Gasteiger partial charge < -0.3 is 10.6 Å². The Morgan fingerprint density at radius 1 is 0.865 bits per heavy atom. The topological polar surface area (TPSA) is 123 Å². The van der Waals surface area contributed by atoms with Gasteiger partial charge in [-0.15, -0.1) is 10.2 Å². The summed E-state index contributed by atoms with van der Waals surface area (Å²) in [5.74, 6) is -0.507. The van der Waals surface area contributed by atoms with E-state index in [0.717, 1.165) is 17.3 Å². The molecule has 190 valence electrons. The van der Waals surface area contributed by atoms with Crippen LogP contribution in [-0.2, 0) is 25.2 Å². The number of hydrogen-bond donors (Lipinski definition) is 2. The molecule has 1 aromatic heterocycles. The molecule has 0 saturated carbocycles. The predicted molar refractivity (Wildman–Crippen MR) is 144 cm³/mol. The van der Waals surface area contributed by atoms with Crippen LogP contribution in [0.3, 0.4) is 0 Å². The lowest BCUT2D eigenvalue weighted by atomic mass is 10.2. The maximum atomic E-state index is 13.1. The lowest BCUT2D eigenvalue weighted by molar-refractivity contribution is -0.114. The average molecular weight is 536 g/mol. The van der Waals surface area contributed by atoms with E-state index in [1.54, 1.807) is 53.1 Å². The van der Waals surface area contributed by atoms with Crippen molar-refractivity contribution >= 4 is 44.8 Å². The van der Waals surface area contributed by atoms with Gasteiger partial charge >= 0.3 is 0 Å². The maximum absolute atomic E-state index is 13.1. The monoisotopic (exact) mass is 535 g/mol. The van der Waals surface area contributed by atoms with Crippen LogP contribution in [0.1, 0.15) is 18.3 Å². The number of rotatable bonds is 9. The number of carbonyl (C=O) groups is 2. The number of nitrogens with zero attached hydrogens (tertiary/aromatic N) is 3. The molecule has 2 amide bonds. The van der Waals surface area contributed by atoms with Crippen molar-refractivity contribution in [3.05, 3.63) is 90.3 Å². The van der Waals surface area contributed by atoms with Crippen LogP contribution in [-0.4, -0.2) is 40.7 Å². The van der Waals surface area contributed by atoms with Crippen LogP contribution in [0.4, 0.5) is 11.4 Å². The molecule has 0 atom stereocenters. The molecule has 3 aromatic carbocycles. The summed E-state index contributed by atoms with van der Waals surface area (Å²) in [6.07, 6.45) is 0. The molecule has 2 N–H and O–H groups in total. The minimum atomic E-state index is -3.67. The third kappa shape index (κ3) is 6.83. The summed E-state index contributed by atoms with van der Waals surface area (Å²) in [6, 6.07) is 22.6. The van der Waals surface area contributed by atoms with Gasteiger partial charge in [-0.1, -0.05) is 47.7 Å². The number of aromatic nitrogens is 3. The highest BCUT2D eigenvalue weighted by atomic mass is 32.2. The number of anilines is 2. The van der Waals surface area contributed by atoms with Crippen LogP contribution in [0.15, 0.2) is 88.9 Å². The molecule has 0 fully saturated rings. The summed E-state index contributed by atoms with van der Waals surface area (Å²) in [4.78, 5) is 24.0. The highest BCUT2D eigenvalue weighted by molar-refractivity contribution is 7.99. The fourth-order valence-electron chi connectivity index (χ4n) is 3.49. The van der Waals surface area contributed by atoms with Gasteiger partial charge in [0.2, 0.25) is 11.8 Å². The molecule has 1 heterocycles. The van der Waals surface area contributed by atoms with Gasteiger partial charge in [0.05, 0.1) is 10.6 Å². The molecule has 0 aliphatic rings. The average Bonchev–Trinajstić information content (AvgIpc) is 3.26. The zero-order chi connectivity index (χ0) is 26.4. The number of aryl methyl sites for hydroxylation is 1. The molecule has 0 radical (unpaired) electrons. The molecule has 4 rings (SSSR count). The van der Waals surface area contributed by atoms with Crippen LogP contribution in [0.25, 0.3) is 5.69 Å². The Morgan fingerprint density at radius 2 is 1.49 bits per heavy atom. The first kappa shape index (κ1) is 26.1. The van der Waals surface area contributed by atoms with Crippen molar-refractivity contribution in [1.29, 1.82) is 0 Å². The molecule has 37 heavy (non-hydrogen) atoms. The van der Waals surface area contributed by atoms with Gasteiger partial charge in [-0.3, -0.25) is 14.2 Å². The van der Waals surface area contributed by atoms with Crippen LogP contribution in [0, 0.1) is 6.92 Å². The van der Waals surface area contributed by atoms with Crippen molar-refractivity contribution in [2.45, 2.75) is 29.7 Å². The number of sulfone groups is 1. The largest absolute Gasteiger partial charge is 0.326 e. The van der Waals surface area contributed by atoms with Gasteiger partial charge in [0, 0.05) is 24.0 Å². The van der Waals surface area contributed by atoms with Crippen molar-refractivity contribution in [2.24, 2.45) is 0 Å². The fraction of sp³-hybridized carbons (Fsp3) is 0.154. The summed E-state index contributed by atoms with van der Waals surface area (Å²) in [5.41, 5.74) is 2.86. The molecule has 0 aliphatic carbocycles. The molecule has 0 spiro atoms. The molecule has 0 bridgehead atoms. The molecule has 0 aliphatic heterocycles. The van der Waals surface area contributed by atoms with Crippen LogP contribution >= 0.6 is 11.8 Å². The van der Waals surface area contributed by atoms with E-state index < -0.39 is 9.84 Å². The molecular weight excluding hydrogens is 510 g/mol. The second kappa shape index (κ2) is 11.4. The molecule has 0 saturated heterocycles. The second-order valence-corrected chi connectivity index (χ2v) is 11.2. The van der Waals surface area contributed by atoms with Gasteiger partial charge in [0.25, 0.3) is 0 Å². The number of thioether (sulfide) groups is 1. The van der Waals surface area contributed by atoms with Gasteiger partial charge in [0.1, 0.15) is 5.75 Å². The smallest absolute Gasteiger partial charge is 0.234 e. The maximum Gasteiger partial charge on any atom is 0.234 e. The van der Waals surface area contributed by atoms with E-state index >= 15 is 0 Å². The molecule has 4 aromatic rings. The Hall–Kier alpha value is -3.96. The third-order valence-electron chi connectivity index (χ3n) is 5.24. The van der Waals surface area contributed by atoms with E-state index in [0.29, 0.717) is 22.2 Å². The number of carbonyl (C=O) groups excluding carboxylic acids is 2. The van der Waals surface area contributed by atoms with E-state index in [1.807, 2.05) is 37.3 Å². The predicted octanol–water partition coefficient (Wildman–Crippen LogP) is 4.24. The highest BCUT2D eigenvalue weighted by Gasteiger charge is 2.23. The Kier molecular flexibility index (Phi) is 8.04. The first-order valence-corrected chi connectivity index (χ1v) is 13.9. The quantitative estimate of drug-likeness (QED) is 0.307. The van der Waals surface area contributed by atoms with Crippen molar-refractivity contribution in [3.63, 3.8) is 0 Å². The van der Waals surface area contributed by atoms with E-state index in [2.05, 4.69) is 20.8 Å². The SMILES string of the molecule is CC(=O)Nc1ccc(NC(=O)CSc2nnc(CS(=O)(=O)c3ccc(C)cc3)n2-c2ccccc2)cc1. The standard InChI is InChI=1S/C26H25N5O4S2/c1-18-8-14-23(15-9-18)37(34,35)17-24-29-30-26(31(24)22-6-4-3-5-7-22)36-16-25(33)28-21-12-10-20(11-13-21)27-19(2)32/h3-15H,16-17H2,1-2H3,(H,27,32)(H,28,33). The van der Waals surface area contributed by atoms with E-state index in [1.165, 1.54) is 6.92 Å².